The van der Waals surface area contributed by atoms with Gasteiger partial charge in [-0.2, -0.15) is 0 Å². The van der Waals surface area contributed by atoms with Crippen LogP contribution in [0.3, 0.4) is 0 Å². The van der Waals surface area contributed by atoms with Gasteiger partial charge in [-0.15, -0.1) is 0 Å². The second-order valence-electron chi connectivity index (χ2n) is 4.81. The Hall–Kier alpha value is -0.650. The van der Waals surface area contributed by atoms with Crippen molar-refractivity contribution in [1.82, 2.24) is 4.98 Å². The summed E-state index contributed by atoms with van der Waals surface area (Å²) >= 11 is 3.37. The Bertz CT molecular complexity index is 409. The molecule has 0 atom stereocenters. The molecular weight excluding hydrogens is 284 g/mol. The van der Waals surface area contributed by atoms with E-state index in [-0.39, 0.29) is 12.1 Å². The van der Waals surface area contributed by atoms with E-state index in [2.05, 4.69) is 39.7 Å². The summed E-state index contributed by atoms with van der Waals surface area (Å²) in [6.45, 7) is 6.42. The third-order valence-corrected chi connectivity index (χ3v) is 3.41. The Morgan fingerprint density at radius 3 is 3.00 bits per heavy atom. The van der Waals surface area contributed by atoms with Gasteiger partial charge in [0.1, 0.15) is 5.82 Å². The van der Waals surface area contributed by atoms with Crippen LogP contribution in [0, 0.1) is 0 Å². The summed E-state index contributed by atoms with van der Waals surface area (Å²) in [5, 5.41) is 9.42. The number of nitrogens with zero attached hydrogens (tertiary/aromatic N) is 2. The van der Waals surface area contributed by atoms with Crippen molar-refractivity contribution in [3.8, 4) is 0 Å². The van der Waals surface area contributed by atoms with Crippen molar-refractivity contribution in [3.63, 3.8) is 0 Å². The molecule has 0 aliphatic carbocycles. The average molecular weight is 301 g/mol. The highest BCUT2D eigenvalue weighted by atomic mass is 79.9. The molecule has 94 valence electrons. The number of pyridine rings is 1. The maximum Gasteiger partial charge on any atom is 0.134 e. The van der Waals surface area contributed by atoms with E-state index < -0.39 is 0 Å². The lowest BCUT2D eigenvalue weighted by atomic mass is 10.0. The number of ether oxygens (including phenoxy) is 1. The number of morpholine rings is 1. The predicted octanol–water partition coefficient (Wildman–Crippen LogP) is 1.95. The van der Waals surface area contributed by atoms with Crippen LogP contribution in [-0.4, -0.2) is 35.4 Å². The van der Waals surface area contributed by atoms with Crippen LogP contribution in [0.25, 0.3) is 0 Å². The Balaban J connectivity index is 2.38. The van der Waals surface area contributed by atoms with Crippen LogP contribution in [0.2, 0.25) is 0 Å². The van der Waals surface area contributed by atoms with Crippen LogP contribution in [0.15, 0.2) is 16.7 Å². The monoisotopic (exact) mass is 300 g/mol. The van der Waals surface area contributed by atoms with Gasteiger partial charge in [-0.05, 0) is 35.8 Å². The van der Waals surface area contributed by atoms with Gasteiger partial charge in [-0.25, -0.2) is 4.98 Å². The maximum absolute atomic E-state index is 9.42. The molecule has 0 aromatic carbocycles. The molecule has 1 aromatic rings. The number of aliphatic hydroxyl groups is 1. The SMILES string of the molecule is CC1(C)COCCN1c1ncc(Br)cc1CO. The Morgan fingerprint density at radius 2 is 2.35 bits per heavy atom. The first-order valence-electron chi connectivity index (χ1n) is 5.65. The number of hydrogen-bond acceptors (Lipinski definition) is 4. The van der Waals surface area contributed by atoms with Crippen molar-refractivity contribution in [2.75, 3.05) is 24.7 Å². The summed E-state index contributed by atoms with van der Waals surface area (Å²) < 4.78 is 6.38. The normalized spacial score (nSPS) is 19.4. The molecule has 0 bridgehead atoms. The van der Waals surface area contributed by atoms with Crippen molar-refractivity contribution in [2.45, 2.75) is 26.0 Å². The number of aromatic nitrogens is 1. The number of rotatable bonds is 2. The Kier molecular flexibility index (Phi) is 3.70. The lowest BCUT2D eigenvalue weighted by Gasteiger charge is -2.43. The first-order valence-corrected chi connectivity index (χ1v) is 6.44. The third kappa shape index (κ3) is 2.61. The van der Waals surface area contributed by atoms with Gasteiger partial charge in [0.15, 0.2) is 0 Å². The van der Waals surface area contributed by atoms with Crippen molar-refractivity contribution >= 4 is 21.7 Å². The second kappa shape index (κ2) is 4.92. The number of halogens is 1. The lowest BCUT2D eigenvalue weighted by Crippen LogP contribution is -2.53. The lowest BCUT2D eigenvalue weighted by molar-refractivity contribution is 0.0636. The highest BCUT2D eigenvalue weighted by Crippen LogP contribution is 2.29. The molecule has 5 heteroatoms. The highest BCUT2D eigenvalue weighted by molar-refractivity contribution is 9.10. The molecule has 2 rings (SSSR count). The molecule has 1 N–H and O–H groups in total. The van der Waals surface area contributed by atoms with Crippen molar-refractivity contribution < 1.29 is 9.84 Å². The number of aliphatic hydroxyl groups excluding tert-OH is 1. The topological polar surface area (TPSA) is 45.6 Å². The van der Waals surface area contributed by atoms with E-state index in [1.807, 2.05) is 6.07 Å². The minimum absolute atomic E-state index is 0.00475. The van der Waals surface area contributed by atoms with Crippen LogP contribution < -0.4 is 4.90 Å². The van der Waals surface area contributed by atoms with Crippen molar-refractivity contribution in [2.24, 2.45) is 0 Å². The Morgan fingerprint density at radius 1 is 1.59 bits per heavy atom. The van der Waals surface area contributed by atoms with E-state index in [9.17, 15) is 5.11 Å². The molecule has 0 amide bonds. The predicted molar refractivity (Wildman–Crippen MR) is 70.1 cm³/mol. The van der Waals surface area contributed by atoms with Crippen LogP contribution in [-0.2, 0) is 11.3 Å². The number of anilines is 1. The first kappa shape index (κ1) is 12.8. The maximum atomic E-state index is 9.42. The molecular formula is C12H17BrN2O2. The molecule has 2 heterocycles. The molecule has 0 spiro atoms. The molecule has 4 nitrogen and oxygen atoms in total. The van der Waals surface area contributed by atoms with Gasteiger partial charge >= 0.3 is 0 Å². The van der Waals surface area contributed by atoms with E-state index in [0.29, 0.717) is 13.2 Å². The molecule has 1 saturated heterocycles. The van der Waals surface area contributed by atoms with Crippen LogP contribution in [0.4, 0.5) is 5.82 Å². The smallest absolute Gasteiger partial charge is 0.134 e. The fraction of sp³-hybridized carbons (Fsp3) is 0.583. The first-order chi connectivity index (χ1) is 8.04. The van der Waals surface area contributed by atoms with Crippen LogP contribution in [0.1, 0.15) is 19.4 Å². The van der Waals surface area contributed by atoms with Crippen LogP contribution >= 0.6 is 15.9 Å². The third-order valence-electron chi connectivity index (χ3n) is 2.98. The molecule has 1 aliphatic heterocycles. The summed E-state index contributed by atoms with van der Waals surface area (Å²) in [6, 6.07) is 1.91. The minimum atomic E-state index is -0.0942. The molecule has 1 aliphatic rings. The van der Waals surface area contributed by atoms with Gasteiger partial charge in [0.05, 0.1) is 25.4 Å². The highest BCUT2D eigenvalue weighted by Gasteiger charge is 2.32. The molecule has 1 aromatic heterocycles. The molecule has 17 heavy (non-hydrogen) atoms. The van der Waals surface area contributed by atoms with E-state index in [4.69, 9.17) is 4.74 Å². The molecule has 0 radical (unpaired) electrons. The van der Waals surface area contributed by atoms with E-state index in [0.717, 1.165) is 22.4 Å². The van der Waals surface area contributed by atoms with Gasteiger partial charge in [-0.1, -0.05) is 0 Å². The van der Waals surface area contributed by atoms with Crippen molar-refractivity contribution in [3.05, 3.63) is 22.3 Å². The fourth-order valence-corrected chi connectivity index (χ4v) is 2.46. The van der Waals surface area contributed by atoms with E-state index in [1.54, 1.807) is 6.20 Å². The minimum Gasteiger partial charge on any atom is -0.392 e. The standard InChI is InChI=1S/C12H17BrN2O2/c1-12(2)8-17-4-3-15(12)11-9(7-16)5-10(13)6-14-11/h5-6,16H,3-4,7-8H2,1-2H3. The average Bonchev–Trinajstić information content (AvgIpc) is 2.29. The molecule has 1 fully saturated rings. The van der Waals surface area contributed by atoms with E-state index >= 15 is 0 Å². The molecule has 0 unspecified atom stereocenters. The summed E-state index contributed by atoms with van der Waals surface area (Å²) in [4.78, 5) is 6.63. The zero-order valence-electron chi connectivity index (χ0n) is 10.1. The van der Waals surface area contributed by atoms with Crippen LogP contribution in [0.5, 0.6) is 0 Å². The zero-order valence-corrected chi connectivity index (χ0v) is 11.7. The van der Waals surface area contributed by atoms with Crippen molar-refractivity contribution in [1.29, 1.82) is 0 Å². The summed E-state index contributed by atoms with van der Waals surface area (Å²) in [6.07, 6.45) is 1.76. The summed E-state index contributed by atoms with van der Waals surface area (Å²) in [7, 11) is 0. The van der Waals surface area contributed by atoms with Gasteiger partial charge in [0.25, 0.3) is 0 Å². The van der Waals surface area contributed by atoms with Gasteiger partial charge in [-0.3, -0.25) is 0 Å². The van der Waals surface area contributed by atoms with Gasteiger partial charge in [0, 0.05) is 22.8 Å². The van der Waals surface area contributed by atoms with Gasteiger partial charge in [0.2, 0.25) is 0 Å². The van der Waals surface area contributed by atoms with E-state index in [1.165, 1.54) is 0 Å². The summed E-state index contributed by atoms with van der Waals surface area (Å²) in [5.74, 6) is 0.851. The second-order valence-corrected chi connectivity index (χ2v) is 5.73. The molecule has 0 saturated carbocycles. The summed E-state index contributed by atoms with van der Waals surface area (Å²) in [5.41, 5.74) is 0.748. The fourth-order valence-electron chi connectivity index (χ4n) is 2.08. The quantitative estimate of drug-likeness (QED) is 0.907. The number of hydrogen-bond donors (Lipinski definition) is 1. The largest absolute Gasteiger partial charge is 0.392 e. The zero-order chi connectivity index (χ0) is 12.5. The van der Waals surface area contributed by atoms with Gasteiger partial charge < -0.3 is 14.7 Å². The Labute approximate surface area is 110 Å².